The van der Waals surface area contributed by atoms with Gasteiger partial charge in [-0.2, -0.15) is 14.5 Å². The lowest BCUT2D eigenvalue weighted by atomic mass is 9.87. The molecule has 1 atom stereocenters. The number of amides is 1. The fourth-order valence-corrected chi connectivity index (χ4v) is 5.13. The van der Waals surface area contributed by atoms with Crippen LogP contribution in [-0.4, -0.2) is 65.2 Å². The van der Waals surface area contributed by atoms with Gasteiger partial charge in [-0.1, -0.05) is 0 Å². The molecule has 0 N–H and O–H groups in total. The molecular weight excluding hydrogens is 304 g/mol. The fourth-order valence-electron chi connectivity index (χ4n) is 3.72. The number of piperidine rings is 1. The zero-order chi connectivity index (χ0) is 15.8. The Balaban J connectivity index is 1.84. The minimum absolute atomic E-state index is 0.102. The number of hydrogen-bond acceptors (Lipinski definition) is 5. The first kappa shape index (κ1) is 15.4. The third-order valence-electron chi connectivity index (χ3n) is 4.61. The second-order valence-corrected chi connectivity index (χ2v) is 8.03. The van der Waals surface area contributed by atoms with Crippen molar-refractivity contribution in [2.45, 2.75) is 31.2 Å². The van der Waals surface area contributed by atoms with Crippen molar-refractivity contribution >= 4 is 15.9 Å². The maximum atomic E-state index is 12.6. The second-order valence-electron chi connectivity index (χ2n) is 6.12. The first-order valence-electron chi connectivity index (χ1n) is 7.46. The van der Waals surface area contributed by atoms with Gasteiger partial charge < -0.3 is 4.90 Å². The van der Waals surface area contributed by atoms with Crippen molar-refractivity contribution in [2.75, 3.05) is 25.9 Å². The van der Waals surface area contributed by atoms with Crippen LogP contribution in [0.2, 0.25) is 0 Å². The molecule has 8 heteroatoms. The van der Waals surface area contributed by atoms with Gasteiger partial charge in [0.1, 0.15) is 0 Å². The highest BCUT2D eigenvalue weighted by Gasteiger charge is 2.48. The van der Waals surface area contributed by atoms with Gasteiger partial charge >= 0.3 is 0 Å². The lowest BCUT2D eigenvalue weighted by Gasteiger charge is -2.44. The number of rotatable bonds is 2. The Labute approximate surface area is 130 Å². The molecule has 1 spiro atoms. The molecule has 0 saturated carbocycles. The van der Waals surface area contributed by atoms with E-state index < -0.39 is 15.6 Å². The van der Waals surface area contributed by atoms with Crippen LogP contribution in [0.4, 0.5) is 0 Å². The van der Waals surface area contributed by atoms with Gasteiger partial charge in [0.05, 0.1) is 29.8 Å². The standard InChI is InChI=1S/C14H20N4O3S/c1-22(20,21)18-9-3-6-14(18)5-2-8-17(11-14)13(19)12-4-7-15-16-10-12/h4,7,10H,2-3,5-6,8-9,11H2,1H3/t14-/m1/s1. The van der Waals surface area contributed by atoms with Crippen molar-refractivity contribution in [3.05, 3.63) is 24.0 Å². The van der Waals surface area contributed by atoms with E-state index in [-0.39, 0.29) is 5.91 Å². The summed E-state index contributed by atoms with van der Waals surface area (Å²) < 4.78 is 25.7. The van der Waals surface area contributed by atoms with Crippen LogP contribution in [0.25, 0.3) is 0 Å². The van der Waals surface area contributed by atoms with Gasteiger partial charge in [-0.25, -0.2) is 8.42 Å². The molecule has 0 unspecified atom stereocenters. The summed E-state index contributed by atoms with van der Waals surface area (Å²) >= 11 is 0. The van der Waals surface area contributed by atoms with Crippen molar-refractivity contribution < 1.29 is 13.2 Å². The SMILES string of the molecule is CS(=O)(=O)N1CCC[C@@]12CCCN(C(=O)c1ccnnc1)C2. The lowest BCUT2D eigenvalue weighted by Crippen LogP contribution is -2.58. The Kier molecular flexibility index (Phi) is 3.90. The Bertz CT molecular complexity index is 664. The topological polar surface area (TPSA) is 83.5 Å². The average Bonchev–Trinajstić information content (AvgIpc) is 2.90. The van der Waals surface area contributed by atoms with Crippen molar-refractivity contribution in [2.24, 2.45) is 0 Å². The molecule has 1 aromatic heterocycles. The zero-order valence-corrected chi connectivity index (χ0v) is 13.4. The number of carbonyl (C=O) groups excluding carboxylic acids is 1. The van der Waals surface area contributed by atoms with Gasteiger partial charge in [-0.3, -0.25) is 4.79 Å². The Hall–Kier alpha value is -1.54. The number of nitrogens with zero attached hydrogens (tertiary/aromatic N) is 4. The van der Waals surface area contributed by atoms with E-state index in [9.17, 15) is 13.2 Å². The largest absolute Gasteiger partial charge is 0.337 e. The van der Waals surface area contributed by atoms with E-state index in [1.807, 2.05) is 0 Å². The predicted molar refractivity (Wildman–Crippen MR) is 80.7 cm³/mol. The molecule has 0 radical (unpaired) electrons. The van der Waals surface area contributed by atoms with Crippen LogP contribution in [0.5, 0.6) is 0 Å². The highest BCUT2D eigenvalue weighted by atomic mass is 32.2. The van der Waals surface area contributed by atoms with Crippen LogP contribution in [0.15, 0.2) is 18.5 Å². The summed E-state index contributed by atoms with van der Waals surface area (Å²) in [5.74, 6) is -0.102. The van der Waals surface area contributed by atoms with Crippen LogP contribution >= 0.6 is 0 Å². The Morgan fingerprint density at radius 2 is 1.95 bits per heavy atom. The number of sulfonamides is 1. The van der Waals surface area contributed by atoms with Gasteiger partial charge in [0.25, 0.3) is 5.91 Å². The average molecular weight is 324 g/mol. The molecular formula is C14H20N4O3S. The van der Waals surface area contributed by atoms with Crippen molar-refractivity contribution in [1.82, 2.24) is 19.4 Å². The molecule has 2 fully saturated rings. The third kappa shape index (κ3) is 2.72. The van der Waals surface area contributed by atoms with E-state index >= 15 is 0 Å². The maximum Gasteiger partial charge on any atom is 0.255 e. The molecule has 2 aliphatic rings. The number of likely N-dealkylation sites (tertiary alicyclic amines) is 1. The zero-order valence-electron chi connectivity index (χ0n) is 12.6. The second kappa shape index (κ2) is 5.58. The van der Waals surface area contributed by atoms with Crippen LogP contribution in [0.1, 0.15) is 36.0 Å². The summed E-state index contributed by atoms with van der Waals surface area (Å²) in [4.78, 5) is 14.3. The number of aromatic nitrogens is 2. The Morgan fingerprint density at radius 1 is 1.23 bits per heavy atom. The highest BCUT2D eigenvalue weighted by molar-refractivity contribution is 7.88. The summed E-state index contributed by atoms with van der Waals surface area (Å²) in [5, 5.41) is 7.42. The number of hydrogen-bond donors (Lipinski definition) is 0. The molecule has 2 saturated heterocycles. The van der Waals surface area contributed by atoms with Gasteiger partial charge in [0.2, 0.25) is 10.0 Å². The van der Waals surface area contributed by atoms with E-state index in [0.29, 0.717) is 25.2 Å². The summed E-state index contributed by atoms with van der Waals surface area (Å²) in [7, 11) is -3.25. The maximum absolute atomic E-state index is 12.6. The van der Waals surface area contributed by atoms with Gasteiger partial charge in [-0.15, -0.1) is 0 Å². The van der Waals surface area contributed by atoms with Crippen LogP contribution in [-0.2, 0) is 10.0 Å². The number of carbonyl (C=O) groups is 1. The van der Waals surface area contributed by atoms with Gasteiger partial charge in [0.15, 0.2) is 0 Å². The Morgan fingerprint density at radius 3 is 2.59 bits per heavy atom. The van der Waals surface area contributed by atoms with E-state index in [0.717, 1.165) is 25.7 Å². The molecule has 0 aromatic carbocycles. The molecule has 0 bridgehead atoms. The molecule has 3 rings (SSSR count). The first-order valence-corrected chi connectivity index (χ1v) is 9.31. The van der Waals surface area contributed by atoms with Crippen LogP contribution in [0.3, 0.4) is 0 Å². The van der Waals surface area contributed by atoms with E-state index in [1.165, 1.54) is 18.6 Å². The summed E-state index contributed by atoms with van der Waals surface area (Å²) in [6.07, 6.45) is 7.50. The third-order valence-corrected chi connectivity index (χ3v) is 5.98. The minimum atomic E-state index is -3.25. The van der Waals surface area contributed by atoms with Crippen LogP contribution in [0, 0.1) is 0 Å². The first-order chi connectivity index (χ1) is 10.4. The highest BCUT2D eigenvalue weighted by Crippen LogP contribution is 2.39. The van der Waals surface area contributed by atoms with Crippen molar-refractivity contribution in [3.8, 4) is 0 Å². The quantitative estimate of drug-likeness (QED) is 0.791. The predicted octanol–water partition coefficient (Wildman–Crippen LogP) is 0.507. The van der Waals surface area contributed by atoms with Gasteiger partial charge in [-0.05, 0) is 31.7 Å². The van der Waals surface area contributed by atoms with Gasteiger partial charge in [0, 0.05) is 19.6 Å². The van der Waals surface area contributed by atoms with Crippen LogP contribution < -0.4 is 0 Å². The van der Waals surface area contributed by atoms with E-state index in [4.69, 9.17) is 0 Å². The van der Waals surface area contributed by atoms with Crippen molar-refractivity contribution in [1.29, 1.82) is 0 Å². The molecule has 3 heterocycles. The minimum Gasteiger partial charge on any atom is -0.337 e. The molecule has 7 nitrogen and oxygen atoms in total. The smallest absolute Gasteiger partial charge is 0.255 e. The molecule has 22 heavy (non-hydrogen) atoms. The molecule has 1 amide bonds. The molecule has 1 aromatic rings. The summed E-state index contributed by atoms with van der Waals surface area (Å²) in [6, 6.07) is 1.64. The monoisotopic (exact) mass is 324 g/mol. The molecule has 120 valence electrons. The molecule has 0 aliphatic carbocycles. The van der Waals surface area contributed by atoms with E-state index in [1.54, 1.807) is 15.3 Å². The molecule has 2 aliphatic heterocycles. The van der Waals surface area contributed by atoms with Crippen molar-refractivity contribution in [3.63, 3.8) is 0 Å². The summed E-state index contributed by atoms with van der Waals surface area (Å²) in [5.41, 5.74) is 0.0676. The van der Waals surface area contributed by atoms with E-state index in [2.05, 4.69) is 10.2 Å². The normalized spacial score (nSPS) is 26.5. The fraction of sp³-hybridized carbons (Fsp3) is 0.643. The summed E-state index contributed by atoms with van der Waals surface area (Å²) in [6.45, 7) is 1.67. The lowest BCUT2D eigenvalue weighted by molar-refractivity contribution is 0.0524.